The Kier molecular flexibility index (Phi) is 3.18. The number of amides is 1. The lowest BCUT2D eigenvalue weighted by molar-refractivity contribution is 0.0303. The monoisotopic (exact) mass is 332 g/mol. The minimum atomic E-state index is 0.0195. The highest BCUT2D eigenvalue weighted by atomic mass is 16.5. The summed E-state index contributed by atoms with van der Waals surface area (Å²) >= 11 is 0. The molecule has 0 radical (unpaired) electrons. The number of fused-ring (bicyclic) bond motifs is 4. The predicted molar refractivity (Wildman–Crippen MR) is 95.6 cm³/mol. The molecule has 25 heavy (non-hydrogen) atoms. The van der Waals surface area contributed by atoms with Gasteiger partial charge in [-0.3, -0.25) is 4.79 Å². The highest BCUT2D eigenvalue weighted by Gasteiger charge is 2.19. The van der Waals surface area contributed by atoms with Gasteiger partial charge in [-0.1, -0.05) is 18.2 Å². The van der Waals surface area contributed by atoms with Crippen LogP contribution in [0, 0.1) is 0 Å². The standard InChI is InChI=1S/C19H16N4O2/c24-19(23-7-9-25-10-8-23)12-5-6-15-16(11-12)20-17-13-3-1-2-4-14(13)21-18(17)22-15/h1-6,11H,7-10H2,(H,21,22). The number of aromatic nitrogens is 3. The normalized spacial score (nSPS) is 15.3. The van der Waals surface area contributed by atoms with Gasteiger partial charge in [-0.25, -0.2) is 9.97 Å². The Bertz CT molecular complexity index is 1110. The number of aromatic amines is 1. The number of morpholine rings is 1. The summed E-state index contributed by atoms with van der Waals surface area (Å²) < 4.78 is 5.32. The summed E-state index contributed by atoms with van der Waals surface area (Å²) in [4.78, 5) is 27.2. The molecule has 1 amide bonds. The Balaban J connectivity index is 1.64. The van der Waals surface area contributed by atoms with Crippen molar-refractivity contribution in [1.29, 1.82) is 0 Å². The molecule has 1 aliphatic rings. The first-order valence-corrected chi connectivity index (χ1v) is 8.35. The summed E-state index contributed by atoms with van der Waals surface area (Å²) in [6.45, 7) is 2.44. The van der Waals surface area contributed by atoms with Gasteiger partial charge >= 0.3 is 0 Å². The van der Waals surface area contributed by atoms with Crippen LogP contribution in [0.1, 0.15) is 10.4 Å². The van der Waals surface area contributed by atoms with Crippen LogP contribution in [0.2, 0.25) is 0 Å². The molecule has 0 bridgehead atoms. The summed E-state index contributed by atoms with van der Waals surface area (Å²) in [7, 11) is 0. The van der Waals surface area contributed by atoms with E-state index in [4.69, 9.17) is 9.72 Å². The lowest BCUT2D eigenvalue weighted by atomic mass is 10.1. The Hall–Kier alpha value is -2.99. The summed E-state index contributed by atoms with van der Waals surface area (Å²) in [5.41, 5.74) is 4.76. The van der Waals surface area contributed by atoms with Gasteiger partial charge in [0.2, 0.25) is 0 Å². The van der Waals surface area contributed by atoms with Crippen molar-refractivity contribution in [2.75, 3.05) is 26.3 Å². The summed E-state index contributed by atoms with van der Waals surface area (Å²) in [6, 6.07) is 13.5. The number of nitrogens with zero attached hydrogens (tertiary/aromatic N) is 3. The van der Waals surface area contributed by atoms with Crippen LogP contribution >= 0.6 is 0 Å². The Morgan fingerprint density at radius 2 is 1.88 bits per heavy atom. The number of benzene rings is 2. The average Bonchev–Trinajstić information content (AvgIpc) is 3.03. The third kappa shape index (κ3) is 2.34. The minimum absolute atomic E-state index is 0.0195. The molecule has 0 aliphatic carbocycles. The van der Waals surface area contributed by atoms with E-state index in [1.807, 2.05) is 47.4 Å². The van der Waals surface area contributed by atoms with Crippen molar-refractivity contribution in [3.8, 4) is 0 Å². The third-order valence-corrected chi connectivity index (χ3v) is 4.64. The van der Waals surface area contributed by atoms with Crippen LogP contribution < -0.4 is 0 Å². The molecule has 2 aromatic heterocycles. The lowest BCUT2D eigenvalue weighted by Gasteiger charge is -2.26. The van der Waals surface area contributed by atoms with Crippen LogP contribution in [0.3, 0.4) is 0 Å². The molecule has 1 fully saturated rings. The van der Waals surface area contributed by atoms with Crippen molar-refractivity contribution in [1.82, 2.24) is 19.9 Å². The van der Waals surface area contributed by atoms with Crippen LogP contribution in [0.15, 0.2) is 42.5 Å². The number of nitrogens with one attached hydrogen (secondary N) is 1. The molecule has 4 aromatic rings. The molecule has 5 rings (SSSR count). The van der Waals surface area contributed by atoms with Gasteiger partial charge in [0.15, 0.2) is 5.65 Å². The highest BCUT2D eigenvalue weighted by molar-refractivity contribution is 6.06. The second-order valence-electron chi connectivity index (χ2n) is 6.20. The summed E-state index contributed by atoms with van der Waals surface area (Å²) in [6.07, 6.45) is 0. The highest BCUT2D eigenvalue weighted by Crippen LogP contribution is 2.25. The smallest absolute Gasteiger partial charge is 0.254 e. The van der Waals surface area contributed by atoms with Gasteiger partial charge in [-0.2, -0.15) is 0 Å². The quantitative estimate of drug-likeness (QED) is 0.582. The molecule has 124 valence electrons. The van der Waals surface area contributed by atoms with Crippen molar-refractivity contribution in [3.05, 3.63) is 48.0 Å². The molecular weight excluding hydrogens is 316 g/mol. The van der Waals surface area contributed by atoms with E-state index in [0.29, 0.717) is 31.9 Å². The summed E-state index contributed by atoms with van der Waals surface area (Å²) in [5, 5.41) is 1.04. The molecule has 1 aliphatic heterocycles. The number of carbonyl (C=O) groups excluding carboxylic acids is 1. The van der Waals surface area contributed by atoms with Gasteiger partial charge in [-0.15, -0.1) is 0 Å². The maximum Gasteiger partial charge on any atom is 0.254 e. The molecule has 0 spiro atoms. The van der Waals surface area contributed by atoms with Crippen LogP contribution in [-0.2, 0) is 4.74 Å². The second-order valence-corrected chi connectivity index (χ2v) is 6.20. The van der Waals surface area contributed by atoms with Gasteiger partial charge < -0.3 is 14.6 Å². The fraction of sp³-hybridized carbons (Fsp3) is 0.211. The third-order valence-electron chi connectivity index (χ3n) is 4.64. The largest absolute Gasteiger partial charge is 0.378 e. The number of carbonyl (C=O) groups is 1. The first kappa shape index (κ1) is 14.4. The topological polar surface area (TPSA) is 71.1 Å². The van der Waals surface area contributed by atoms with Crippen molar-refractivity contribution < 1.29 is 9.53 Å². The van der Waals surface area contributed by atoms with E-state index in [9.17, 15) is 4.79 Å². The molecule has 0 atom stereocenters. The number of H-pyrrole nitrogens is 1. The number of rotatable bonds is 1. The molecule has 6 heteroatoms. The first-order chi connectivity index (χ1) is 12.3. The maximum atomic E-state index is 12.7. The fourth-order valence-corrected chi connectivity index (χ4v) is 3.34. The van der Waals surface area contributed by atoms with Crippen LogP contribution in [-0.4, -0.2) is 52.1 Å². The lowest BCUT2D eigenvalue weighted by Crippen LogP contribution is -2.40. The molecule has 0 saturated carbocycles. The van der Waals surface area contributed by atoms with E-state index in [1.54, 1.807) is 0 Å². The van der Waals surface area contributed by atoms with Gasteiger partial charge in [-0.05, 0) is 24.3 Å². The Morgan fingerprint density at radius 3 is 2.76 bits per heavy atom. The predicted octanol–water partition coefficient (Wildman–Crippen LogP) is 2.74. The van der Waals surface area contributed by atoms with Crippen molar-refractivity contribution in [2.24, 2.45) is 0 Å². The van der Waals surface area contributed by atoms with Crippen LogP contribution in [0.4, 0.5) is 0 Å². The Morgan fingerprint density at radius 1 is 1.04 bits per heavy atom. The molecule has 1 N–H and O–H groups in total. The average molecular weight is 332 g/mol. The molecule has 1 saturated heterocycles. The summed E-state index contributed by atoms with van der Waals surface area (Å²) in [5.74, 6) is 0.0195. The molecule has 2 aromatic carbocycles. The zero-order chi connectivity index (χ0) is 16.8. The maximum absolute atomic E-state index is 12.7. The molecule has 3 heterocycles. The van der Waals surface area contributed by atoms with Crippen molar-refractivity contribution in [3.63, 3.8) is 0 Å². The van der Waals surface area contributed by atoms with E-state index in [1.165, 1.54) is 0 Å². The van der Waals surface area contributed by atoms with Gasteiger partial charge in [0.25, 0.3) is 5.91 Å². The SMILES string of the molecule is O=C(c1ccc2nc3[nH]c4ccccc4c3nc2c1)N1CCOCC1. The van der Waals surface area contributed by atoms with E-state index in [0.717, 1.165) is 33.1 Å². The zero-order valence-corrected chi connectivity index (χ0v) is 13.5. The van der Waals surface area contributed by atoms with E-state index < -0.39 is 0 Å². The van der Waals surface area contributed by atoms with Gasteiger partial charge in [0, 0.05) is 29.6 Å². The van der Waals surface area contributed by atoms with Crippen LogP contribution in [0.25, 0.3) is 33.1 Å². The van der Waals surface area contributed by atoms with Crippen LogP contribution in [0.5, 0.6) is 0 Å². The number of ether oxygens (including phenoxy) is 1. The number of para-hydroxylation sites is 1. The number of hydrogen-bond acceptors (Lipinski definition) is 4. The zero-order valence-electron chi connectivity index (χ0n) is 13.5. The number of hydrogen-bond donors (Lipinski definition) is 1. The molecule has 0 unspecified atom stereocenters. The van der Waals surface area contributed by atoms with E-state index in [-0.39, 0.29) is 5.91 Å². The van der Waals surface area contributed by atoms with E-state index in [2.05, 4.69) is 9.97 Å². The molecule has 6 nitrogen and oxygen atoms in total. The fourth-order valence-electron chi connectivity index (χ4n) is 3.34. The Labute approximate surface area is 143 Å². The minimum Gasteiger partial charge on any atom is -0.378 e. The van der Waals surface area contributed by atoms with Gasteiger partial charge in [0.1, 0.15) is 5.52 Å². The van der Waals surface area contributed by atoms with Gasteiger partial charge in [0.05, 0.1) is 24.2 Å². The van der Waals surface area contributed by atoms with E-state index >= 15 is 0 Å². The van der Waals surface area contributed by atoms with Crippen molar-refractivity contribution in [2.45, 2.75) is 0 Å². The first-order valence-electron chi connectivity index (χ1n) is 8.35. The second kappa shape index (κ2) is 5.53. The van der Waals surface area contributed by atoms with Crippen molar-refractivity contribution >= 4 is 39.0 Å². The molecular formula is C19H16N4O2.